The molecule has 6 nitrogen and oxygen atoms in total. The molecule has 0 aliphatic rings. The minimum Gasteiger partial charge on any atom is -0.464 e. The van der Waals surface area contributed by atoms with Crippen LogP contribution in [0.4, 0.5) is 5.69 Å². The summed E-state index contributed by atoms with van der Waals surface area (Å²) in [5.74, 6) is -0.629. The highest BCUT2D eigenvalue weighted by atomic mass is 35.5. The third kappa shape index (κ3) is 2.02. The van der Waals surface area contributed by atoms with Crippen molar-refractivity contribution in [2.75, 3.05) is 12.8 Å². The largest absolute Gasteiger partial charge is 0.464 e. The summed E-state index contributed by atoms with van der Waals surface area (Å²) >= 11 is 5.93. The number of aryl methyl sites for hydroxylation is 1. The molecule has 18 heavy (non-hydrogen) atoms. The fourth-order valence-electron chi connectivity index (χ4n) is 1.54. The van der Waals surface area contributed by atoms with Crippen molar-refractivity contribution in [1.82, 2.24) is 14.8 Å². The van der Waals surface area contributed by atoms with Crippen molar-refractivity contribution in [3.05, 3.63) is 29.0 Å². The third-order valence-corrected chi connectivity index (χ3v) is 2.85. The average molecular weight is 267 g/mol. The van der Waals surface area contributed by atoms with Crippen LogP contribution in [0.3, 0.4) is 0 Å². The molecule has 2 rings (SSSR count). The number of aromatic nitrogens is 3. The van der Waals surface area contributed by atoms with Gasteiger partial charge in [-0.1, -0.05) is 11.6 Å². The quantitative estimate of drug-likeness (QED) is 0.833. The van der Waals surface area contributed by atoms with E-state index < -0.39 is 5.97 Å². The molecule has 0 amide bonds. The second-order valence-electron chi connectivity index (χ2n) is 3.59. The Morgan fingerprint density at radius 3 is 2.83 bits per heavy atom. The molecule has 0 aliphatic carbocycles. The lowest BCUT2D eigenvalue weighted by molar-refractivity contribution is 0.0594. The lowest BCUT2D eigenvalue weighted by Crippen LogP contribution is -2.08. The van der Waals surface area contributed by atoms with E-state index in [1.165, 1.54) is 7.11 Å². The summed E-state index contributed by atoms with van der Waals surface area (Å²) in [5, 5.41) is 4.12. The SMILES string of the molecule is COC(=O)c1nc(-c2ccnn2C)cc(N)c1Cl. The summed E-state index contributed by atoms with van der Waals surface area (Å²) < 4.78 is 6.23. The van der Waals surface area contributed by atoms with Gasteiger partial charge in [0, 0.05) is 13.2 Å². The lowest BCUT2D eigenvalue weighted by Gasteiger charge is -2.08. The number of pyridine rings is 1. The van der Waals surface area contributed by atoms with E-state index in [1.807, 2.05) is 0 Å². The Kier molecular flexibility index (Phi) is 3.20. The standard InChI is InChI=1S/C11H11ClN4O2/c1-16-8(3-4-14-16)7-5-6(13)9(12)10(15-7)11(17)18-2/h3-5H,1-2H3,(H2,13,15). The molecule has 2 heterocycles. The van der Waals surface area contributed by atoms with Crippen molar-refractivity contribution in [3.8, 4) is 11.4 Å². The van der Waals surface area contributed by atoms with E-state index in [0.29, 0.717) is 5.69 Å². The van der Waals surface area contributed by atoms with Crippen molar-refractivity contribution in [1.29, 1.82) is 0 Å². The van der Waals surface area contributed by atoms with Gasteiger partial charge in [0.25, 0.3) is 0 Å². The molecule has 2 N–H and O–H groups in total. The van der Waals surface area contributed by atoms with Crippen molar-refractivity contribution in [3.63, 3.8) is 0 Å². The van der Waals surface area contributed by atoms with Crippen molar-refractivity contribution in [2.24, 2.45) is 7.05 Å². The number of nitrogens with two attached hydrogens (primary N) is 1. The zero-order valence-electron chi connectivity index (χ0n) is 9.85. The van der Waals surface area contributed by atoms with Gasteiger partial charge in [0.2, 0.25) is 0 Å². The summed E-state index contributed by atoms with van der Waals surface area (Å²) in [5.41, 5.74) is 7.26. The number of halogens is 1. The molecule has 0 radical (unpaired) electrons. The monoisotopic (exact) mass is 266 g/mol. The summed E-state index contributed by atoms with van der Waals surface area (Å²) in [6.45, 7) is 0. The first kappa shape index (κ1) is 12.4. The van der Waals surface area contributed by atoms with Gasteiger partial charge in [0.1, 0.15) is 0 Å². The number of ether oxygens (including phenoxy) is 1. The van der Waals surface area contributed by atoms with Gasteiger partial charge < -0.3 is 10.5 Å². The molecule has 0 saturated heterocycles. The van der Waals surface area contributed by atoms with Gasteiger partial charge in [-0.3, -0.25) is 4.68 Å². The second kappa shape index (κ2) is 4.66. The van der Waals surface area contributed by atoms with Gasteiger partial charge in [0.15, 0.2) is 5.69 Å². The minimum atomic E-state index is -0.629. The lowest BCUT2D eigenvalue weighted by atomic mass is 10.2. The van der Waals surface area contributed by atoms with E-state index in [-0.39, 0.29) is 16.4 Å². The molecule has 0 aliphatic heterocycles. The molecule has 0 saturated carbocycles. The van der Waals surface area contributed by atoms with E-state index in [4.69, 9.17) is 17.3 Å². The Morgan fingerprint density at radius 2 is 2.28 bits per heavy atom. The van der Waals surface area contributed by atoms with Crippen LogP contribution in [-0.4, -0.2) is 27.8 Å². The number of methoxy groups -OCH3 is 1. The van der Waals surface area contributed by atoms with Crippen LogP contribution in [-0.2, 0) is 11.8 Å². The maximum absolute atomic E-state index is 11.5. The number of nitrogens with zero attached hydrogens (tertiary/aromatic N) is 3. The molecule has 0 spiro atoms. The molecular weight excluding hydrogens is 256 g/mol. The number of carbonyl (C=O) groups excluding carboxylic acids is 1. The Labute approximate surface area is 108 Å². The maximum atomic E-state index is 11.5. The summed E-state index contributed by atoms with van der Waals surface area (Å²) in [7, 11) is 3.02. The fraction of sp³-hybridized carbons (Fsp3) is 0.182. The molecular formula is C11H11ClN4O2. The zero-order chi connectivity index (χ0) is 13.3. The molecule has 0 aromatic carbocycles. The number of nitrogen functional groups attached to an aromatic ring is 1. The van der Waals surface area contributed by atoms with Crippen LogP contribution in [0.1, 0.15) is 10.5 Å². The van der Waals surface area contributed by atoms with Crippen LogP contribution in [0.5, 0.6) is 0 Å². The third-order valence-electron chi connectivity index (χ3n) is 2.45. The predicted octanol–water partition coefficient (Wildman–Crippen LogP) is 1.50. The van der Waals surface area contributed by atoms with Crippen LogP contribution in [0.15, 0.2) is 18.3 Å². The summed E-state index contributed by atoms with van der Waals surface area (Å²) in [6.07, 6.45) is 1.62. The van der Waals surface area contributed by atoms with Crippen molar-refractivity contribution in [2.45, 2.75) is 0 Å². The van der Waals surface area contributed by atoms with Crippen LogP contribution < -0.4 is 5.73 Å². The number of anilines is 1. The van der Waals surface area contributed by atoms with E-state index >= 15 is 0 Å². The second-order valence-corrected chi connectivity index (χ2v) is 3.97. The van der Waals surface area contributed by atoms with Gasteiger partial charge >= 0.3 is 5.97 Å². The summed E-state index contributed by atoms with van der Waals surface area (Å²) in [4.78, 5) is 15.7. The molecule has 7 heteroatoms. The molecule has 94 valence electrons. The molecule has 2 aromatic rings. The van der Waals surface area contributed by atoms with E-state index in [0.717, 1.165) is 5.69 Å². The van der Waals surface area contributed by atoms with E-state index in [9.17, 15) is 4.79 Å². The first-order valence-corrected chi connectivity index (χ1v) is 5.45. The molecule has 2 aromatic heterocycles. The van der Waals surface area contributed by atoms with Gasteiger partial charge in [-0.15, -0.1) is 0 Å². The summed E-state index contributed by atoms with van der Waals surface area (Å²) in [6, 6.07) is 3.35. The molecule has 0 unspecified atom stereocenters. The highest BCUT2D eigenvalue weighted by Crippen LogP contribution is 2.27. The van der Waals surface area contributed by atoms with E-state index in [2.05, 4.69) is 14.8 Å². The minimum absolute atomic E-state index is 0.00429. The van der Waals surface area contributed by atoms with E-state index in [1.54, 1.807) is 30.1 Å². The molecule has 0 atom stereocenters. The van der Waals surface area contributed by atoms with Gasteiger partial charge in [-0.25, -0.2) is 9.78 Å². The van der Waals surface area contributed by atoms with Crippen LogP contribution in [0.25, 0.3) is 11.4 Å². The number of hydrogen-bond donors (Lipinski definition) is 1. The first-order valence-electron chi connectivity index (χ1n) is 5.07. The maximum Gasteiger partial charge on any atom is 0.358 e. The Balaban J connectivity index is 2.61. The number of rotatable bonds is 2. The first-order chi connectivity index (χ1) is 8.54. The highest BCUT2D eigenvalue weighted by molar-refractivity contribution is 6.35. The molecule has 0 bridgehead atoms. The van der Waals surface area contributed by atoms with Crippen LogP contribution in [0, 0.1) is 0 Å². The Bertz CT molecular complexity index is 609. The predicted molar refractivity (Wildman–Crippen MR) is 67.2 cm³/mol. The fourth-order valence-corrected chi connectivity index (χ4v) is 1.71. The average Bonchev–Trinajstić information content (AvgIpc) is 2.78. The van der Waals surface area contributed by atoms with Gasteiger partial charge in [-0.2, -0.15) is 5.10 Å². The Hall–Kier alpha value is -2.08. The number of carbonyl (C=O) groups is 1. The smallest absolute Gasteiger partial charge is 0.358 e. The van der Waals surface area contributed by atoms with Crippen molar-refractivity contribution < 1.29 is 9.53 Å². The zero-order valence-corrected chi connectivity index (χ0v) is 10.6. The highest BCUT2D eigenvalue weighted by Gasteiger charge is 2.18. The number of hydrogen-bond acceptors (Lipinski definition) is 5. The molecule has 0 fully saturated rings. The Morgan fingerprint density at radius 1 is 1.56 bits per heavy atom. The van der Waals surface area contributed by atoms with Gasteiger partial charge in [-0.05, 0) is 12.1 Å². The topological polar surface area (TPSA) is 83.0 Å². The number of esters is 1. The normalized spacial score (nSPS) is 10.4. The van der Waals surface area contributed by atoms with Crippen LogP contribution in [0.2, 0.25) is 5.02 Å². The van der Waals surface area contributed by atoms with Crippen LogP contribution >= 0.6 is 11.6 Å². The van der Waals surface area contributed by atoms with Crippen molar-refractivity contribution >= 4 is 23.3 Å². The van der Waals surface area contributed by atoms with Gasteiger partial charge in [0.05, 0.1) is 29.2 Å².